The van der Waals surface area contributed by atoms with E-state index >= 15 is 0 Å². The maximum absolute atomic E-state index is 11.4. The topological polar surface area (TPSA) is 86.6 Å². The molecule has 1 aromatic heterocycles. The number of ether oxygens (including phenoxy) is 3. The molecule has 0 spiro atoms. The third kappa shape index (κ3) is 5.37. The molecule has 96 valence electrons. The molecule has 3 N–H and O–H groups in total. The van der Waals surface area contributed by atoms with Crippen molar-refractivity contribution in [3.05, 3.63) is 18.0 Å². The minimum Gasteiger partial charge on any atom is -0.461 e. The molecule has 6 heteroatoms. The van der Waals surface area contributed by atoms with Crippen LogP contribution in [0.5, 0.6) is 0 Å². The van der Waals surface area contributed by atoms with Gasteiger partial charge in [-0.3, -0.25) is 0 Å². The molecule has 0 aliphatic rings. The number of nitrogens with one attached hydrogen (secondary N) is 1. The zero-order valence-corrected chi connectivity index (χ0v) is 9.90. The van der Waals surface area contributed by atoms with Crippen molar-refractivity contribution >= 4 is 11.7 Å². The number of esters is 1. The van der Waals surface area contributed by atoms with E-state index in [2.05, 4.69) is 4.98 Å². The quantitative estimate of drug-likeness (QED) is 0.520. The summed E-state index contributed by atoms with van der Waals surface area (Å²) in [4.78, 5) is 14.2. The van der Waals surface area contributed by atoms with Gasteiger partial charge >= 0.3 is 5.97 Å². The van der Waals surface area contributed by atoms with Gasteiger partial charge in [-0.05, 0) is 6.07 Å². The fraction of sp³-hybridized carbons (Fsp3) is 0.545. The van der Waals surface area contributed by atoms with E-state index in [0.29, 0.717) is 44.2 Å². The van der Waals surface area contributed by atoms with Crippen LogP contribution in [0.4, 0.5) is 5.69 Å². The average molecular weight is 242 g/mol. The highest BCUT2D eigenvalue weighted by atomic mass is 16.5. The second-order valence-corrected chi connectivity index (χ2v) is 3.44. The smallest absolute Gasteiger partial charge is 0.354 e. The van der Waals surface area contributed by atoms with Gasteiger partial charge < -0.3 is 24.9 Å². The van der Waals surface area contributed by atoms with Gasteiger partial charge in [0.15, 0.2) is 0 Å². The zero-order valence-electron chi connectivity index (χ0n) is 9.90. The molecule has 0 aliphatic heterocycles. The summed E-state index contributed by atoms with van der Waals surface area (Å²) in [5, 5.41) is 0. The second kappa shape index (κ2) is 7.70. The largest absolute Gasteiger partial charge is 0.461 e. The van der Waals surface area contributed by atoms with Crippen molar-refractivity contribution in [1.29, 1.82) is 0 Å². The van der Waals surface area contributed by atoms with Crippen molar-refractivity contribution in [2.24, 2.45) is 0 Å². The van der Waals surface area contributed by atoms with Crippen molar-refractivity contribution in [3.63, 3.8) is 0 Å². The van der Waals surface area contributed by atoms with Crippen molar-refractivity contribution in [1.82, 2.24) is 4.98 Å². The van der Waals surface area contributed by atoms with Crippen LogP contribution in [-0.4, -0.2) is 44.5 Å². The van der Waals surface area contributed by atoms with E-state index in [-0.39, 0.29) is 0 Å². The van der Waals surface area contributed by atoms with E-state index in [4.69, 9.17) is 19.9 Å². The van der Waals surface area contributed by atoms with Crippen LogP contribution in [-0.2, 0) is 14.2 Å². The van der Waals surface area contributed by atoms with E-state index < -0.39 is 5.97 Å². The van der Waals surface area contributed by atoms with Crippen LogP contribution in [0.3, 0.4) is 0 Å². The van der Waals surface area contributed by atoms with Crippen molar-refractivity contribution in [3.8, 4) is 0 Å². The Balaban J connectivity index is 2.05. The molecule has 1 heterocycles. The highest BCUT2D eigenvalue weighted by Crippen LogP contribution is 2.05. The van der Waals surface area contributed by atoms with Crippen LogP contribution in [0.25, 0.3) is 0 Å². The Morgan fingerprint density at radius 3 is 2.82 bits per heavy atom. The third-order valence-electron chi connectivity index (χ3n) is 2.02. The van der Waals surface area contributed by atoms with Crippen LogP contribution < -0.4 is 5.73 Å². The monoisotopic (exact) mass is 242 g/mol. The number of nitrogens with two attached hydrogens (primary N) is 1. The lowest BCUT2D eigenvalue weighted by Gasteiger charge is -2.04. The van der Waals surface area contributed by atoms with Gasteiger partial charge in [0.2, 0.25) is 0 Å². The molecule has 0 saturated heterocycles. The van der Waals surface area contributed by atoms with E-state index in [1.165, 1.54) is 6.07 Å². The summed E-state index contributed by atoms with van der Waals surface area (Å²) >= 11 is 0. The van der Waals surface area contributed by atoms with Gasteiger partial charge in [0.1, 0.15) is 5.69 Å². The van der Waals surface area contributed by atoms with Crippen molar-refractivity contribution in [2.75, 3.05) is 39.3 Å². The fourth-order valence-electron chi connectivity index (χ4n) is 1.18. The Kier molecular flexibility index (Phi) is 6.13. The number of aromatic amines is 1. The second-order valence-electron chi connectivity index (χ2n) is 3.44. The average Bonchev–Trinajstić information content (AvgIpc) is 2.74. The third-order valence-corrected chi connectivity index (χ3v) is 2.02. The number of methoxy groups -OCH3 is 1. The van der Waals surface area contributed by atoms with Gasteiger partial charge in [0, 0.05) is 26.3 Å². The summed E-state index contributed by atoms with van der Waals surface area (Å²) in [5.41, 5.74) is 6.35. The van der Waals surface area contributed by atoms with Gasteiger partial charge in [0.25, 0.3) is 0 Å². The normalized spacial score (nSPS) is 10.4. The number of carbonyl (C=O) groups excluding carboxylic acids is 1. The maximum Gasteiger partial charge on any atom is 0.354 e. The predicted octanol–water partition coefficient (Wildman–Crippen LogP) is 0.807. The SMILES string of the molecule is COCCOCCCOC(=O)c1cc(N)c[nH]1. The number of hydrogen-bond donors (Lipinski definition) is 2. The first-order valence-corrected chi connectivity index (χ1v) is 5.41. The molecule has 0 aromatic carbocycles. The Hall–Kier alpha value is -1.53. The van der Waals surface area contributed by atoms with Gasteiger partial charge in [0.05, 0.1) is 25.5 Å². The lowest BCUT2D eigenvalue weighted by molar-refractivity contribution is 0.0381. The lowest BCUT2D eigenvalue weighted by Crippen LogP contribution is -2.10. The van der Waals surface area contributed by atoms with Crippen LogP contribution in [0, 0.1) is 0 Å². The molecule has 0 radical (unpaired) electrons. The van der Waals surface area contributed by atoms with E-state index in [0.717, 1.165) is 0 Å². The molecule has 0 fully saturated rings. The molecular weight excluding hydrogens is 224 g/mol. The summed E-state index contributed by atoms with van der Waals surface area (Å²) < 4.78 is 15.1. The lowest BCUT2D eigenvalue weighted by atomic mass is 10.4. The van der Waals surface area contributed by atoms with Crippen molar-refractivity contribution < 1.29 is 19.0 Å². The highest BCUT2D eigenvalue weighted by Gasteiger charge is 2.08. The minimum absolute atomic E-state index is 0.324. The molecule has 6 nitrogen and oxygen atoms in total. The number of H-pyrrole nitrogens is 1. The molecule has 0 amide bonds. The van der Waals surface area contributed by atoms with Crippen LogP contribution in [0.1, 0.15) is 16.9 Å². The number of aromatic nitrogens is 1. The molecule has 0 saturated carbocycles. The predicted molar refractivity (Wildman–Crippen MR) is 62.8 cm³/mol. The standard InChI is InChI=1S/C11H18N2O4/c1-15-5-6-16-3-2-4-17-11(14)10-7-9(12)8-13-10/h7-8,13H,2-6,12H2,1H3. The zero-order chi connectivity index (χ0) is 12.5. The molecule has 0 atom stereocenters. The Morgan fingerprint density at radius 2 is 2.18 bits per heavy atom. The summed E-state index contributed by atoms with van der Waals surface area (Å²) in [6.45, 7) is 1.99. The molecule has 0 aliphatic carbocycles. The Morgan fingerprint density at radius 1 is 1.35 bits per heavy atom. The number of carbonyl (C=O) groups is 1. The number of anilines is 1. The summed E-state index contributed by atoms with van der Waals surface area (Å²) in [5.74, 6) is -0.404. The van der Waals surface area contributed by atoms with Gasteiger partial charge in [-0.15, -0.1) is 0 Å². The van der Waals surface area contributed by atoms with Crippen molar-refractivity contribution in [2.45, 2.75) is 6.42 Å². The highest BCUT2D eigenvalue weighted by molar-refractivity contribution is 5.88. The first-order chi connectivity index (χ1) is 8.24. The number of nitrogen functional groups attached to an aromatic ring is 1. The summed E-state index contributed by atoms with van der Waals surface area (Å²) in [6, 6.07) is 1.54. The summed E-state index contributed by atoms with van der Waals surface area (Å²) in [6.07, 6.45) is 2.20. The van der Waals surface area contributed by atoms with Crippen LogP contribution in [0.15, 0.2) is 12.3 Å². The van der Waals surface area contributed by atoms with E-state index in [1.807, 2.05) is 0 Å². The van der Waals surface area contributed by atoms with Crippen LogP contribution in [0.2, 0.25) is 0 Å². The molecule has 0 bridgehead atoms. The van der Waals surface area contributed by atoms with E-state index in [9.17, 15) is 4.79 Å². The fourth-order valence-corrected chi connectivity index (χ4v) is 1.18. The maximum atomic E-state index is 11.4. The first-order valence-electron chi connectivity index (χ1n) is 5.41. The minimum atomic E-state index is -0.404. The van der Waals surface area contributed by atoms with Gasteiger partial charge in [-0.1, -0.05) is 0 Å². The van der Waals surface area contributed by atoms with E-state index in [1.54, 1.807) is 13.3 Å². The van der Waals surface area contributed by atoms with Gasteiger partial charge in [-0.25, -0.2) is 4.79 Å². The van der Waals surface area contributed by atoms with Crippen LogP contribution >= 0.6 is 0 Å². The number of hydrogen-bond acceptors (Lipinski definition) is 5. The summed E-state index contributed by atoms with van der Waals surface area (Å²) in [7, 11) is 1.62. The molecule has 17 heavy (non-hydrogen) atoms. The molecular formula is C11H18N2O4. The molecule has 0 unspecified atom stereocenters. The Bertz CT molecular complexity index is 338. The Labute approximate surface area is 100 Å². The first kappa shape index (κ1) is 13.5. The molecule has 1 rings (SSSR count). The van der Waals surface area contributed by atoms with Gasteiger partial charge in [-0.2, -0.15) is 0 Å². The number of rotatable bonds is 8. The molecule has 1 aromatic rings.